The molecule has 0 spiro atoms. The lowest BCUT2D eigenvalue weighted by Gasteiger charge is -2.32. The van der Waals surface area contributed by atoms with Crippen molar-refractivity contribution in [3.05, 3.63) is 29.8 Å². The normalized spacial score (nSPS) is 31.7. The highest BCUT2D eigenvalue weighted by atomic mass is 16.4. The number of fused-ring (bicyclic) bond motifs is 1. The molecule has 0 radical (unpaired) electrons. The molecule has 134 valence electrons. The van der Waals surface area contributed by atoms with Crippen molar-refractivity contribution in [1.82, 2.24) is 10.2 Å². The van der Waals surface area contributed by atoms with E-state index in [-0.39, 0.29) is 18.1 Å². The highest BCUT2D eigenvalue weighted by Gasteiger charge is 2.68. The van der Waals surface area contributed by atoms with Crippen LogP contribution in [0.2, 0.25) is 0 Å². The number of imide groups is 1. The molecule has 7 heteroatoms. The molecular formula is C18H22N2O5. The maximum atomic E-state index is 12.7. The molecule has 25 heavy (non-hydrogen) atoms. The number of rotatable bonds is 4. The van der Waals surface area contributed by atoms with Crippen molar-refractivity contribution >= 4 is 17.8 Å². The zero-order valence-electron chi connectivity index (χ0n) is 14.4. The summed E-state index contributed by atoms with van der Waals surface area (Å²) in [5.41, 5.74) is -1.11. The summed E-state index contributed by atoms with van der Waals surface area (Å²) in [5.74, 6) is -3.91. The predicted molar refractivity (Wildman–Crippen MR) is 88.6 cm³/mol. The molecular weight excluding hydrogens is 324 g/mol. The largest absolute Gasteiger partial charge is 0.508 e. The molecule has 2 heterocycles. The van der Waals surface area contributed by atoms with E-state index >= 15 is 0 Å². The number of nitrogens with one attached hydrogen (secondary N) is 1. The Morgan fingerprint density at radius 1 is 1.28 bits per heavy atom. The number of carboxylic acid groups (broad SMARTS) is 1. The van der Waals surface area contributed by atoms with E-state index < -0.39 is 41.2 Å². The number of carboxylic acids is 1. The Morgan fingerprint density at radius 3 is 2.48 bits per heavy atom. The lowest BCUT2D eigenvalue weighted by molar-refractivity contribution is -0.151. The van der Waals surface area contributed by atoms with Gasteiger partial charge in [0.05, 0.1) is 11.8 Å². The van der Waals surface area contributed by atoms with E-state index in [0.29, 0.717) is 5.56 Å². The lowest BCUT2D eigenvalue weighted by atomic mass is 9.75. The fourth-order valence-corrected chi connectivity index (χ4v) is 4.28. The van der Waals surface area contributed by atoms with Crippen molar-refractivity contribution in [2.24, 2.45) is 17.8 Å². The van der Waals surface area contributed by atoms with Crippen LogP contribution in [0, 0.1) is 17.8 Å². The fraction of sp³-hybridized carbons (Fsp3) is 0.500. The molecule has 3 N–H and O–H groups in total. The van der Waals surface area contributed by atoms with E-state index in [1.807, 2.05) is 13.8 Å². The molecule has 0 unspecified atom stereocenters. The number of hydrogen-bond acceptors (Lipinski definition) is 5. The van der Waals surface area contributed by atoms with Gasteiger partial charge in [-0.2, -0.15) is 0 Å². The number of nitrogens with zero attached hydrogens (tertiary/aromatic N) is 1. The number of benzene rings is 1. The summed E-state index contributed by atoms with van der Waals surface area (Å²) in [7, 11) is 1.38. The monoisotopic (exact) mass is 346 g/mol. The number of amides is 2. The number of phenols is 1. The molecule has 4 atom stereocenters. The van der Waals surface area contributed by atoms with Crippen LogP contribution in [0.15, 0.2) is 24.3 Å². The molecule has 2 amide bonds. The molecule has 2 aliphatic heterocycles. The van der Waals surface area contributed by atoms with Gasteiger partial charge in [0, 0.05) is 18.7 Å². The van der Waals surface area contributed by atoms with E-state index in [4.69, 9.17) is 0 Å². The second-order valence-corrected chi connectivity index (χ2v) is 7.29. The van der Waals surface area contributed by atoms with Crippen molar-refractivity contribution in [3.63, 3.8) is 0 Å². The van der Waals surface area contributed by atoms with Gasteiger partial charge in [-0.3, -0.25) is 24.6 Å². The number of carbonyl (C=O) groups excluding carboxylic acids is 2. The highest BCUT2D eigenvalue weighted by molar-refractivity contribution is 6.09. The van der Waals surface area contributed by atoms with Crippen LogP contribution < -0.4 is 5.32 Å². The first-order valence-electron chi connectivity index (χ1n) is 8.31. The van der Waals surface area contributed by atoms with Crippen LogP contribution in [0.5, 0.6) is 5.75 Å². The molecule has 2 fully saturated rings. The van der Waals surface area contributed by atoms with Crippen LogP contribution in [0.4, 0.5) is 0 Å². The summed E-state index contributed by atoms with van der Waals surface area (Å²) in [6.45, 7) is 3.75. The van der Waals surface area contributed by atoms with E-state index in [1.54, 1.807) is 18.2 Å². The molecule has 1 aromatic carbocycles. The highest BCUT2D eigenvalue weighted by Crippen LogP contribution is 2.51. The van der Waals surface area contributed by atoms with Crippen LogP contribution in [0.1, 0.15) is 31.9 Å². The molecule has 3 rings (SSSR count). The number of likely N-dealkylation sites (tertiary alicyclic amines) is 1. The second kappa shape index (κ2) is 5.84. The molecule has 0 saturated carbocycles. The van der Waals surface area contributed by atoms with E-state index in [9.17, 15) is 24.6 Å². The third-order valence-electron chi connectivity index (χ3n) is 5.26. The van der Waals surface area contributed by atoms with Crippen molar-refractivity contribution < 1.29 is 24.6 Å². The van der Waals surface area contributed by atoms with Crippen molar-refractivity contribution in [1.29, 1.82) is 0 Å². The molecule has 0 aliphatic carbocycles. The van der Waals surface area contributed by atoms with Gasteiger partial charge in [0.1, 0.15) is 11.3 Å². The lowest BCUT2D eigenvalue weighted by Crippen LogP contribution is -2.56. The number of carbonyl (C=O) groups is 3. The van der Waals surface area contributed by atoms with Crippen LogP contribution >= 0.6 is 0 Å². The number of aliphatic carboxylic acids is 1. The van der Waals surface area contributed by atoms with Gasteiger partial charge in [-0.15, -0.1) is 0 Å². The Hall–Kier alpha value is -2.41. The molecule has 1 aromatic rings. The van der Waals surface area contributed by atoms with Gasteiger partial charge in [0.15, 0.2) is 0 Å². The number of aromatic hydroxyl groups is 1. The zero-order valence-corrected chi connectivity index (χ0v) is 14.4. The summed E-state index contributed by atoms with van der Waals surface area (Å²) in [6.07, 6.45) is 0.209. The zero-order chi connectivity index (χ0) is 18.5. The molecule has 0 aromatic heterocycles. The summed E-state index contributed by atoms with van der Waals surface area (Å²) < 4.78 is 0. The van der Waals surface area contributed by atoms with Crippen molar-refractivity contribution in [2.75, 3.05) is 7.05 Å². The molecule has 0 bridgehead atoms. The SMILES string of the molecule is CC(C)C[C@]1(C(=O)O)N[C@H](c2ccccc2O)[C@H]2C(=O)N(C)C(=O)[C@@H]21. The average molecular weight is 346 g/mol. The van der Waals surface area contributed by atoms with Gasteiger partial charge in [0.25, 0.3) is 0 Å². The van der Waals surface area contributed by atoms with Crippen LogP contribution in [0.25, 0.3) is 0 Å². The number of phenolic OH excluding ortho intramolecular Hbond substituents is 1. The van der Waals surface area contributed by atoms with Crippen LogP contribution in [0.3, 0.4) is 0 Å². The quantitative estimate of drug-likeness (QED) is 0.706. The Bertz CT molecular complexity index is 747. The fourth-order valence-electron chi connectivity index (χ4n) is 4.28. The van der Waals surface area contributed by atoms with Gasteiger partial charge in [-0.1, -0.05) is 32.0 Å². The van der Waals surface area contributed by atoms with Gasteiger partial charge in [-0.25, -0.2) is 0 Å². The molecule has 2 saturated heterocycles. The Balaban J connectivity index is 2.17. The van der Waals surface area contributed by atoms with E-state index in [0.717, 1.165) is 4.90 Å². The van der Waals surface area contributed by atoms with Crippen LogP contribution in [-0.2, 0) is 14.4 Å². The smallest absolute Gasteiger partial charge is 0.324 e. The van der Waals surface area contributed by atoms with Crippen molar-refractivity contribution in [3.8, 4) is 5.75 Å². The minimum atomic E-state index is -1.54. The average Bonchev–Trinajstić information content (AvgIpc) is 2.98. The summed E-state index contributed by atoms with van der Waals surface area (Å²) in [5, 5.41) is 23.2. The Labute approximate surface area is 145 Å². The maximum Gasteiger partial charge on any atom is 0.324 e. The van der Waals surface area contributed by atoms with Gasteiger partial charge >= 0.3 is 5.97 Å². The van der Waals surface area contributed by atoms with Gasteiger partial charge in [-0.05, 0) is 18.4 Å². The Kier molecular flexibility index (Phi) is 4.07. The summed E-state index contributed by atoms with van der Waals surface area (Å²) >= 11 is 0. The maximum absolute atomic E-state index is 12.7. The number of para-hydroxylation sites is 1. The topological polar surface area (TPSA) is 107 Å². The van der Waals surface area contributed by atoms with Gasteiger partial charge < -0.3 is 10.2 Å². The van der Waals surface area contributed by atoms with E-state index in [2.05, 4.69) is 5.32 Å². The first kappa shape index (κ1) is 17.4. The third-order valence-corrected chi connectivity index (χ3v) is 5.26. The summed E-state index contributed by atoms with van der Waals surface area (Å²) in [4.78, 5) is 38.6. The molecule has 7 nitrogen and oxygen atoms in total. The molecule has 2 aliphatic rings. The standard InChI is InChI=1S/C18H22N2O5/c1-9(2)8-18(17(24)25)13-12(15(22)20(3)16(13)23)14(19-18)10-6-4-5-7-11(10)21/h4-7,9,12-14,19,21H,8H2,1-3H3,(H,24,25)/t12-,13+,14+,18-/m0/s1. The number of hydrogen-bond donors (Lipinski definition) is 3. The first-order valence-corrected chi connectivity index (χ1v) is 8.31. The van der Waals surface area contributed by atoms with Crippen LogP contribution in [-0.4, -0.2) is 45.5 Å². The second-order valence-electron chi connectivity index (χ2n) is 7.29. The summed E-state index contributed by atoms with van der Waals surface area (Å²) in [6, 6.07) is 5.76. The predicted octanol–water partition coefficient (Wildman–Crippen LogP) is 1.14. The third kappa shape index (κ3) is 2.41. The van der Waals surface area contributed by atoms with E-state index in [1.165, 1.54) is 13.1 Å². The van der Waals surface area contributed by atoms with Crippen molar-refractivity contribution in [2.45, 2.75) is 31.8 Å². The minimum Gasteiger partial charge on any atom is -0.508 e. The first-order chi connectivity index (χ1) is 11.7. The Morgan fingerprint density at radius 2 is 1.92 bits per heavy atom. The van der Waals surface area contributed by atoms with Gasteiger partial charge in [0.2, 0.25) is 11.8 Å². The minimum absolute atomic E-state index is 0.00109.